The Kier molecular flexibility index (Phi) is 2.23. The summed E-state index contributed by atoms with van der Waals surface area (Å²) in [6.45, 7) is 1.51. The van der Waals surface area contributed by atoms with Crippen molar-refractivity contribution >= 4 is 5.91 Å². The van der Waals surface area contributed by atoms with E-state index in [0.29, 0.717) is 6.54 Å². The Balaban J connectivity index is 2.20. The predicted molar refractivity (Wildman–Crippen MR) is 48.0 cm³/mol. The van der Waals surface area contributed by atoms with Gasteiger partial charge in [0, 0.05) is 25.5 Å². The first-order valence-corrected chi connectivity index (χ1v) is 4.29. The molecule has 2 rings (SSSR count). The number of carbonyl (C=O) groups is 1. The van der Waals surface area contributed by atoms with Crippen LogP contribution in [0.2, 0.25) is 0 Å². The fourth-order valence-corrected chi connectivity index (χ4v) is 1.41. The molecule has 1 amide bonds. The van der Waals surface area contributed by atoms with Gasteiger partial charge in [-0.25, -0.2) is 0 Å². The monoisotopic (exact) mass is 177 g/mol. The number of hydrogen-bond acceptors (Lipinski definition) is 3. The summed E-state index contributed by atoms with van der Waals surface area (Å²) in [4.78, 5) is 15.4. The fourth-order valence-electron chi connectivity index (χ4n) is 1.41. The van der Waals surface area contributed by atoms with Crippen LogP contribution in [-0.2, 0) is 4.79 Å². The average molecular weight is 177 g/mol. The van der Waals surface area contributed by atoms with Crippen LogP contribution in [0.5, 0.6) is 0 Å². The first kappa shape index (κ1) is 8.19. The van der Waals surface area contributed by atoms with Gasteiger partial charge in [-0.1, -0.05) is 6.07 Å². The Labute approximate surface area is 76.4 Å². The lowest BCUT2D eigenvalue weighted by molar-refractivity contribution is -0.124. The van der Waals surface area contributed by atoms with Crippen LogP contribution < -0.4 is 10.6 Å². The second-order valence-corrected chi connectivity index (χ2v) is 2.96. The number of aromatic nitrogens is 1. The van der Waals surface area contributed by atoms with Gasteiger partial charge in [-0.3, -0.25) is 9.78 Å². The van der Waals surface area contributed by atoms with E-state index in [1.165, 1.54) is 0 Å². The smallest absolute Gasteiger partial charge is 0.241 e. The average Bonchev–Trinajstić information content (AvgIpc) is 2.20. The van der Waals surface area contributed by atoms with Gasteiger partial charge in [0.25, 0.3) is 0 Å². The molecular weight excluding hydrogens is 166 g/mol. The van der Waals surface area contributed by atoms with E-state index >= 15 is 0 Å². The van der Waals surface area contributed by atoms with E-state index in [9.17, 15) is 4.79 Å². The number of piperazine rings is 1. The van der Waals surface area contributed by atoms with Crippen LogP contribution >= 0.6 is 0 Å². The highest BCUT2D eigenvalue weighted by Crippen LogP contribution is 2.12. The van der Waals surface area contributed by atoms with Crippen LogP contribution in [0.15, 0.2) is 24.5 Å². The lowest BCUT2D eigenvalue weighted by Crippen LogP contribution is -2.47. The van der Waals surface area contributed by atoms with Gasteiger partial charge in [-0.2, -0.15) is 0 Å². The molecule has 1 aromatic rings. The first-order chi connectivity index (χ1) is 6.38. The minimum absolute atomic E-state index is 0.0271. The summed E-state index contributed by atoms with van der Waals surface area (Å²) >= 11 is 0. The molecule has 4 heteroatoms. The molecule has 0 unspecified atom stereocenters. The van der Waals surface area contributed by atoms with Gasteiger partial charge >= 0.3 is 0 Å². The third-order valence-corrected chi connectivity index (χ3v) is 2.05. The molecule has 1 aliphatic rings. The van der Waals surface area contributed by atoms with Gasteiger partial charge in [0.05, 0.1) is 0 Å². The van der Waals surface area contributed by atoms with Crippen molar-refractivity contribution in [3.05, 3.63) is 30.1 Å². The maximum Gasteiger partial charge on any atom is 0.241 e. The molecule has 1 fully saturated rings. The third-order valence-electron chi connectivity index (χ3n) is 2.05. The topological polar surface area (TPSA) is 54.0 Å². The van der Waals surface area contributed by atoms with E-state index in [4.69, 9.17) is 0 Å². The highest BCUT2D eigenvalue weighted by molar-refractivity contribution is 5.83. The van der Waals surface area contributed by atoms with Gasteiger partial charge in [0.2, 0.25) is 5.91 Å². The van der Waals surface area contributed by atoms with E-state index in [1.54, 1.807) is 12.4 Å². The Morgan fingerprint density at radius 2 is 2.38 bits per heavy atom. The van der Waals surface area contributed by atoms with E-state index in [-0.39, 0.29) is 11.9 Å². The second-order valence-electron chi connectivity index (χ2n) is 2.96. The van der Waals surface area contributed by atoms with E-state index < -0.39 is 0 Å². The number of nitrogens with one attached hydrogen (secondary N) is 2. The van der Waals surface area contributed by atoms with Crippen LogP contribution in [0.25, 0.3) is 0 Å². The number of carbonyl (C=O) groups excluding carboxylic acids is 1. The van der Waals surface area contributed by atoms with Crippen molar-refractivity contribution < 1.29 is 4.79 Å². The van der Waals surface area contributed by atoms with Crippen molar-refractivity contribution in [2.24, 2.45) is 0 Å². The molecule has 1 aliphatic heterocycles. The maximum absolute atomic E-state index is 11.4. The molecule has 0 aromatic carbocycles. The molecule has 0 aliphatic carbocycles. The Hall–Kier alpha value is -1.42. The zero-order valence-corrected chi connectivity index (χ0v) is 7.16. The summed E-state index contributed by atoms with van der Waals surface area (Å²) in [5.41, 5.74) is 0.916. The number of amides is 1. The molecule has 0 saturated carbocycles. The number of pyridine rings is 1. The van der Waals surface area contributed by atoms with Crippen LogP contribution in [-0.4, -0.2) is 24.0 Å². The zero-order chi connectivity index (χ0) is 9.10. The minimum Gasteiger partial charge on any atom is -0.353 e. The fraction of sp³-hybridized carbons (Fsp3) is 0.333. The molecule has 0 bridgehead atoms. The van der Waals surface area contributed by atoms with Crippen molar-refractivity contribution in [3.8, 4) is 0 Å². The first-order valence-electron chi connectivity index (χ1n) is 4.29. The quantitative estimate of drug-likeness (QED) is 0.627. The van der Waals surface area contributed by atoms with Gasteiger partial charge in [0.15, 0.2) is 0 Å². The molecule has 2 N–H and O–H groups in total. The zero-order valence-electron chi connectivity index (χ0n) is 7.16. The summed E-state index contributed by atoms with van der Waals surface area (Å²) in [6, 6.07) is 3.50. The lowest BCUT2D eigenvalue weighted by Gasteiger charge is -2.23. The largest absolute Gasteiger partial charge is 0.353 e. The lowest BCUT2D eigenvalue weighted by atomic mass is 10.1. The highest BCUT2D eigenvalue weighted by Gasteiger charge is 2.22. The number of hydrogen-bond donors (Lipinski definition) is 2. The SMILES string of the molecule is O=C1NCCN[C@@H]1c1cccnc1. The number of nitrogens with zero attached hydrogens (tertiary/aromatic N) is 1. The molecule has 4 nitrogen and oxygen atoms in total. The second kappa shape index (κ2) is 3.53. The Morgan fingerprint density at radius 3 is 3.08 bits per heavy atom. The third kappa shape index (κ3) is 1.67. The maximum atomic E-state index is 11.4. The van der Waals surface area contributed by atoms with Crippen molar-refractivity contribution in [2.75, 3.05) is 13.1 Å². The summed E-state index contributed by atoms with van der Waals surface area (Å²) in [7, 11) is 0. The Morgan fingerprint density at radius 1 is 1.46 bits per heavy atom. The normalized spacial score (nSPS) is 22.5. The summed E-state index contributed by atoms with van der Waals surface area (Å²) in [6.07, 6.45) is 3.41. The molecule has 1 atom stereocenters. The molecule has 0 spiro atoms. The molecule has 2 heterocycles. The molecule has 0 radical (unpaired) electrons. The van der Waals surface area contributed by atoms with E-state index in [0.717, 1.165) is 12.1 Å². The van der Waals surface area contributed by atoms with Crippen LogP contribution in [0.3, 0.4) is 0 Å². The predicted octanol–water partition coefficient (Wildman–Crippen LogP) is -0.158. The van der Waals surface area contributed by atoms with Gasteiger partial charge in [-0.05, 0) is 11.6 Å². The minimum atomic E-state index is -0.234. The highest BCUT2D eigenvalue weighted by atomic mass is 16.2. The molecule has 13 heavy (non-hydrogen) atoms. The van der Waals surface area contributed by atoms with Crippen LogP contribution in [0.1, 0.15) is 11.6 Å². The number of rotatable bonds is 1. The van der Waals surface area contributed by atoms with Crippen molar-refractivity contribution in [1.82, 2.24) is 15.6 Å². The summed E-state index contributed by atoms with van der Waals surface area (Å²) in [5, 5.41) is 5.93. The molecular formula is C9H11N3O. The van der Waals surface area contributed by atoms with Crippen molar-refractivity contribution in [3.63, 3.8) is 0 Å². The van der Waals surface area contributed by atoms with Gasteiger partial charge in [0.1, 0.15) is 6.04 Å². The molecule has 1 saturated heterocycles. The van der Waals surface area contributed by atoms with Crippen LogP contribution in [0.4, 0.5) is 0 Å². The summed E-state index contributed by atoms with van der Waals surface area (Å²) < 4.78 is 0. The molecule has 68 valence electrons. The summed E-state index contributed by atoms with van der Waals surface area (Å²) in [5.74, 6) is 0.0271. The van der Waals surface area contributed by atoms with Gasteiger partial charge in [-0.15, -0.1) is 0 Å². The Bertz CT molecular complexity index is 299. The van der Waals surface area contributed by atoms with E-state index in [2.05, 4.69) is 15.6 Å². The standard InChI is InChI=1S/C9H11N3O/c13-9-8(11-4-5-12-9)7-2-1-3-10-6-7/h1-3,6,8,11H,4-5H2,(H,12,13)/t8-/m1/s1. The van der Waals surface area contributed by atoms with Crippen molar-refractivity contribution in [1.29, 1.82) is 0 Å². The van der Waals surface area contributed by atoms with Gasteiger partial charge < -0.3 is 10.6 Å². The van der Waals surface area contributed by atoms with Crippen molar-refractivity contribution in [2.45, 2.75) is 6.04 Å². The van der Waals surface area contributed by atoms with Crippen LogP contribution in [0, 0.1) is 0 Å². The van der Waals surface area contributed by atoms with E-state index in [1.807, 2.05) is 12.1 Å². The molecule has 1 aromatic heterocycles.